The van der Waals surface area contributed by atoms with E-state index in [1.54, 1.807) is 10.6 Å². The molecule has 0 unspecified atom stereocenters. The lowest BCUT2D eigenvalue weighted by molar-refractivity contribution is -0.274. The number of imidazole rings is 1. The molecule has 0 aliphatic rings. The van der Waals surface area contributed by atoms with Crippen molar-refractivity contribution >= 4 is 5.65 Å². The van der Waals surface area contributed by atoms with Gasteiger partial charge in [0, 0.05) is 18.0 Å². The van der Waals surface area contributed by atoms with Crippen LogP contribution in [0.5, 0.6) is 17.4 Å². The monoisotopic (exact) mass is 353 g/mol. The fourth-order valence-corrected chi connectivity index (χ4v) is 2.32. The van der Waals surface area contributed by atoms with Crippen molar-refractivity contribution < 1.29 is 27.8 Å². The van der Waals surface area contributed by atoms with Gasteiger partial charge in [-0.2, -0.15) is 0 Å². The number of fused-ring (bicyclic) bond motifs is 1. The third-order valence-corrected chi connectivity index (χ3v) is 3.22. The number of halogens is 3. The van der Waals surface area contributed by atoms with E-state index in [0.29, 0.717) is 11.3 Å². The van der Waals surface area contributed by atoms with E-state index in [9.17, 15) is 18.3 Å². The Morgan fingerprint density at radius 1 is 1.20 bits per heavy atom. The third kappa shape index (κ3) is 3.59. The van der Waals surface area contributed by atoms with Crippen LogP contribution in [-0.4, -0.2) is 31.9 Å². The molecule has 0 saturated carbocycles. The highest BCUT2D eigenvalue weighted by Crippen LogP contribution is 2.35. The van der Waals surface area contributed by atoms with E-state index in [2.05, 4.69) is 14.7 Å². The summed E-state index contributed by atoms with van der Waals surface area (Å²) in [6, 6.07) is 3.25. The van der Waals surface area contributed by atoms with E-state index in [0.717, 1.165) is 18.2 Å². The van der Waals surface area contributed by atoms with Crippen LogP contribution in [0.2, 0.25) is 0 Å². The molecular weight excluding hydrogens is 339 g/mol. The number of rotatable bonds is 4. The van der Waals surface area contributed by atoms with E-state index < -0.39 is 12.1 Å². The molecule has 0 radical (unpaired) electrons. The van der Waals surface area contributed by atoms with Gasteiger partial charge in [-0.25, -0.2) is 9.97 Å². The number of alkyl halides is 3. The van der Waals surface area contributed by atoms with Gasteiger partial charge in [-0.3, -0.25) is 4.40 Å². The highest BCUT2D eigenvalue weighted by molar-refractivity contribution is 5.72. The van der Waals surface area contributed by atoms with Crippen molar-refractivity contribution in [1.29, 1.82) is 0 Å². The van der Waals surface area contributed by atoms with Gasteiger partial charge in [0.25, 0.3) is 5.88 Å². The number of phenols is 1. The lowest BCUT2D eigenvalue weighted by atomic mass is 10.1. The molecule has 2 heterocycles. The highest BCUT2D eigenvalue weighted by Gasteiger charge is 2.31. The first-order valence-electron chi connectivity index (χ1n) is 7.32. The van der Waals surface area contributed by atoms with Crippen LogP contribution >= 0.6 is 0 Å². The van der Waals surface area contributed by atoms with Gasteiger partial charge in [-0.1, -0.05) is 0 Å². The number of aromatic hydroxyl groups is 1. The Morgan fingerprint density at radius 2 is 1.96 bits per heavy atom. The molecule has 2 aromatic heterocycles. The topological polar surface area (TPSA) is 68.9 Å². The second-order valence-electron chi connectivity index (χ2n) is 5.46. The predicted octanol–water partition coefficient (Wildman–Crippen LogP) is 3.79. The maximum absolute atomic E-state index is 12.4. The first-order valence-corrected chi connectivity index (χ1v) is 7.32. The Labute approximate surface area is 140 Å². The summed E-state index contributed by atoms with van der Waals surface area (Å²) >= 11 is 0. The zero-order chi connectivity index (χ0) is 18.2. The first kappa shape index (κ1) is 16.9. The molecule has 0 bridgehead atoms. The SMILES string of the molecule is CC(C)Oc1nccn2c(-c3cc(OC(F)(F)F)ccc3O)cnc12. The molecule has 3 rings (SSSR count). The summed E-state index contributed by atoms with van der Waals surface area (Å²) in [5.74, 6) is -0.367. The zero-order valence-corrected chi connectivity index (χ0v) is 13.3. The van der Waals surface area contributed by atoms with Crippen LogP contribution in [0.15, 0.2) is 36.8 Å². The number of phenolic OH excluding ortho intramolecular Hbond substituents is 1. The smallest absolute Gasteiger partial charge is 0.507 e. The van der Waals surface area contributed by atoms with Gasteiger partial charge in [0.15, 0.2) is 0 Å². The van der Waals surface area contributed by atoms with Crippen LogP contribution in [0.3, 0.4) is 0 Å². The Bertz CT molecular complexity index is 907. The van der Waals surface area contributed by atoms with Crippen LogP contribution in [0.1, 0.15) is 13.8 Å². The van der Waals surface area contributed by atoms with Crippen molar-refractivity contribution in [3.63, 3.8) is 0 Å². The summed E-state index contributed by atoms with van der Waals surface area (Å²) < 4.78 is 48.3. The number of nitrogens with zero attached hydrogens (tertiary/aromatic N) is 3. The van der Waals surface area contributed by atoms with Gasteiger partial charge in [0.2, 0.25) is 5.65 Å². The minimum atomic E-state index is -4.82. The van der Waals surface area contributed by atoms with Gasteiger partial charge in [0.1, 0.15) is 11.5 Å². The lowest BCUT2D eigenvalue weighted by Gasteiger charge is -2.12. The quantitative estimate of drug-likeness (QED) is 0.773. The van der Waals surface area contributed by atoms with E-state index in [-0.39, 0.29) is 23.3 Å². The molecular formula is C16H14F3N3O3. The summed E-state index contributed by atoms with van der Waals surface area (Å²) in [7, 11) is 0. The van der Waals surface area contributed by atoms with E-state index in [1.165, 1.54) is 12.4 Å². The average molecular weight is 353 g/mol. The molecule has 6 nitrogen and oxygen atoms in total. The first-order chi connectivity index (χ1) is 11.7. The molecule has 132 valence electrons. The average Bonchev–Trinajstić information content (AvgIpc) is 2.92. The fraction of sp³-hybridized carbons (Fsp3) is 0.250. The van der Waals surface area contributed by atoms with Crippen LogP contribution in [0.4, 0.5) is 13.2 Å². The Hall–Kier alpha value is -2.97. The van der Waals surface area contributed by atoms with Crippen molar-refractivity contribution in [2.24, 2.45) is 0 Å². The van der Waals surface area contributed by atoms with Gasteiger partial charge >= 0.3 is 6.36 Å². The van der Waals surface area contributed by atoms with Crippen molar-refractivity contribution in [1.82, 2.24) is 14.4 Å². The number of benzene rings is 1. The maximum atomic E-state index is 12.4. The Kier molecular flexibility index (Phi) is 4.15. The van der Waals surface area contributed by atoms with Crippen LogP contribution in [-0.2, 0) is 0 Å². The molecule has 1 N–H and O–H groups in total. The summed E-state index contributed by atoms with van der Waals surface area (Å²) in [5, 5.41) is 10.1. The Balaban J connectivity index is 2.09. The molecule has 0 atom stereocenters. The zero-order valence-electron chi connectivity index (χ0n) is 13.3. The molecule has 9 heteroatoms. The van der Waals surface area contributed by atoms with Gasteiger partial charge in [-0.15, -0.1) is 13.2 Å². The molecule has 0 amide bonds. The number of aromatic nitrogens is 3. The summed E-state index contributed by atoms with van der Waals surface area (Å²) in [4.78, 5) is 8.30. The van der Waals surface area contributed by atoms with Crippen LogP contribution in [0, 0.1) is 0 Å². The van der Waals surface area contributed by atoms with E-state index in [4.69, 9.17) is 4.74 Å². The summed E-state index contributed by atoms with van der Waals surface area (Å²) in [5.41, 5.74) is 0.889. The molecule has 0 spiro atoms. The molecule has 25 heavy (non-hydrogen) atoms. The van der Waals surface area contributed by atoms with Crippen LogP contribution in [0.25, 0.3) is 16.9 Å². The van der Waals surface area contributed by atoms with E-state index in [1.807, 2.05) is 13.8 Å². The summed E-state index contributed by atoms with van der Waals surface area (Å²) in [6.45, 7) is 3.66. The standard InChI is InChI=1S/C16H14F3N3O3/c1-9(2)24-15-14-21-8-12(22(14)6-5-20-15)11-7-10(3-4-13(11)23)25-16(17,18)19/h3-9,23H,1-2H3. The number of ether oxygens (including phenoxy) is 2. The van der Waals surface area contributed by atoms with Crippen molar-refractivity contribution in [3.8, 4) is 28.6 Å². The number of hydrogen-bond acceptors (Lipinski definition) is 5. The minimum absolute atomic E-state index is 0.129. The molecule has 0 aliphatic carbocycles. The van der Waals surface area contributed by atoms with Crippen molar-refractivity contribution in [2.45, 2.75) is 26.3 Å². The molecule has 0 aliphatic heterocycles. The lowest BCUT2D eigenvalue weighted by Crippen LogP contribution is -2.17. The second-order valence-corrected chi connectivity index (χ2v) is 5.46. The van der Waals surface area contributed by atoms with Gasteiger partial charge in [0.05, 0.1) is 18.0 Å². The maximum Gasteiger partial charge on any atom is 0.573 e. The van der Waals surface area contributed by atoms with Gasteiger partial charge < -0.3 is 14.6 Å². The van der Waals surface area contributed by atoms with Gasteiger partial charge in [-0.05, 0) is 32.0 Å². The van der Waals surface area contributed by atoms with Crippen molar-refractivity contribution in [3.05, 3.63) is 36.8 Å². The normalized spacial score (nSPS) is 11.9. The van der Waals surface area contributed by atoms with E-state index >= 15 is 0 Å². The second kappa shape index (κ2) is 6.15. The number of hydrogen-bond donors (Lipinski definition) is 1. The highest BCUT2D eigenvalue weighted by atomic mass is 19.4. The predicted molar refractivity (Wildman–Crippen MR) is 82.5 cm³/mol. The van der Waals surface area contributed by atoms with Crippen LogP contribution < -0.4 is 9.47 Å². The molecule has 1 aromatic carbocycles. The molecule has 0 saturated heterocycles. The largest absolute Gasteiger partial charge is 0.573 e. The third-order valence-electron chi connectivity index (χ3n) is 3.22. The fourth-order valence-electron chi connectivity index (χ4n) is 2.32. The summed E-state index contributed by atoms with van der Waals surface area (Å²) in [6.07, 6.45) is -0.493. The molecule has 0 fully saturated rings. The Morgan fingerprint density at radius 3 is 2.64 bits per heavy atom. The molecule has 3 aromatic rings. The van der Waals surface area contributed by atoms with Crippen molar-refractivity contribution in [2.75, 3.05) is 0 Å². The minimum Gasteiger partial charge on any atom is -0.507 e.